The Hall–Kier alpha value is -2.11. The number of piperidine rings is 1. The molecule has 2 atom stereocenters. The molecule has 0 radical (unpaired) electrons. The molecule has 0 spiro atoms. The third kappa shape index (κ3) is 3.15. The topological polar surface area (TPSA) is 66.8 Å². The number of halogens is 1. The van der Waals surface area contributed by atoms with Crippen molar-refractivity contribution in [1.29, 1.82) is 0 Å². The molecule has 1 saturated heterocycles. The van der Waals surface area contributed by atoms with Crippen molar-refractivity contribution in [2.45, 2.75) is 13.3 Å². The van der Waals surface area contributed by atoms with Gasteiger partial charge in [0.2, 0.25) is 0 Å². The first-order valence-electron chi connectivity index (χ1n) is 6.78. The summed E-state index contributed by atoms with van der Waals surface area (Å²) >= 11 is 0. The maximum Gasteiger partial charge on any atom is 0.308 e. The summed E-state index contributed by atoms with van der Waals surface area (Å²) < 4.78 is 19.0. The molecule has 1 aliphatic heterocycles. The van der Waals surface area contributed by atoms with E-state index in [9.17, 15) is 14.0 Å². The molecule has 2 rings (SSSR count). The first kappa shape index (κ1) is 15.3. The second-order valence-electron chi connectivity index (χ2n) is 5.40. The third-order valence-electron chi connectivity index (χ3n) is 3.71. The quantitative estimate of drug-likeness (QED) is 0.926. The van der Waals surface area contributed by atoms with E-state index in [1.54, 1.807) is 0 Å². The van der Waals surface area contributed by atoms with Crippen molar-refractivity contribution < 1.29 is 23.8 Å². The number of carboxylic acid groups (broad SMARTS) is 1. The van der Waals surface area contributed by atoms with Crippen LogP contribution in [-0.4, -0.2) is 42.1 Å². The number of rotatable bonds is 3. The van der Waals surface area contributed by atoms with E-state index in [0.29, 0.717) is 13.0 Å². The average molecular weight is 295 g/mol. The van der Waals surface area contributed by atoms with Gasteiger partial charge in [-0.3, -0.25) is 9.59 Å². The van der Waals surface area contributed by atoms with Crippen LogP contribution in [0.25, 0.3) is 0 Å². The number of nitrogens with zero attached hydrogens (tertiary/aromatic N) is 1. The molecule has 1 amide bonds. The lowest BCUT2D eigenvalue weighted by Gasteiger charge is -2.35. The lowest BCUT2D eigenvalue weighted by atomic mass is 9.90. The Morgan fingerprint density at radius 1 is 1.38 bits per heavy atom. The van der Waals surface area contributed by atoms with Crippen molar-refractivity contribution in [3.8, 4) is 5.75 Å². The lowest BCUT2D eigenvalue weighted by Crippen LogP contribution is -2.45. The molecule has 0 aromatic heterocycles. The van der Waals surface area contributed by atoms with Crippen molar-refractivity contribution in [1.82, 2.24) is 4.90 Å². The smallest absolute Gasteiger partial charge is 0.308 e. The van der Waals surface area contributed by atoms with Crippen LogP contribution in [0.5, 0.6) is 5.75 Å². The Morgan fingerprint density at radius 2 is 2.10 bits per heavy atom. The zero-order valence-corrected chi connectivity index (χ0v) is 12.0. The van der Waals surface area contributed by atoms with E-state index < -0.39 is 23.6 Å². The van der Waals surface area contributed by atoms with Gasteiger partial charge >= 0.3 is 5.97 Å². The van der Waals surface area contributed by atoms with Gasteiger partial charge in [-0.2, -0.15) is 0 Å². The Morgan fingerprint density at radius 3 is 2.71 bits per heavy atom. The van der Waals surface area contributed by atoms with Gasteiger partial charge in [-0.05, 0) is 24.5 Å². The molecular weight excluding hydrogens is 277 g/mol. The van der Waals surface area contributed by atoms with Gasteiger partial charge < -0.3 is 14.7 Å². The Labute approximate surface area is 122 Å². The first-order valence-corrected chi connectivity index (χ1v) is 6.78. The van der Waals surface area contributed by atoms with E-state index >= 15 is 0 Å². The molecule has 0 aliphatic carbocycles. The van der Waals surface area contributed by atoms with Crippen molar-refractivity contribution in [3.63, 3.8) is 0 Å². The molecule has 1 aliphatic rings. The number of likely N-dealkylation sites (tertiary alicyclic amines) is 1. The summed E-state index contributed by atoms with van der Waals surface area (Å²) in [6.07, 6.45) is 0.521. The SMILES string of the molecule is COc1cccc(F)c1C(=O)N1CC(C)CC(C(=O)O)C1. The maximum atomic E-state index is 14.0. The normalized spacial score (nSPS) is 22.0. The van der Waals surface area contributed by atoms with Gasteiger partial charge in [0, 0.05) is 13.1 Å². The summed E-state index contributed by atoms with van der Waals surface area (Å²) in [7, 11) is 1.37. The van der Waals surface area contributed by atoms with E-state index in [-0.39, 0.29) is 23.8 Å². The standard InChI is InChI=1S/C15H18FNO4/c1-9-6-10(15(19)20)8-17(7-9)14(18)13-11(16)4-3-5-12(13)21-2/h3-5,9-10H,6-8H2,1-2H3,(H,19,20). The highest BCUT2D eigenvalue weighted by Gasteiger charge is 2.34. The largest absolute Gasteiger partial charge is 0.496 e. The highest BCUT2D eigenvalue weighted by atomic mass is 19.1. The Kier molecular flexibility index (Phi) is 4.45. The summed E-state index contributed by atoms with van der Waals surface area (Å²) in [6.45, 7) is 2.39. The van der Waals surface area contributed by atoms with Crippen LogP contribution >= 0.6 is 0 Å². The van der Waals surface area contributed by atoms with Crippen LogP contribution in [0.3, 0.4) is 0 Å². The minimum absolute atomic E-state index is 0.0570. The predicted octanol–water partition coefficient (Wildman–Crippen LogP) is 2.02. The van der Waals surface area contributed by atoms with Crippen molar-refractivity contribution in [3.05, 3.63) is 29.6 Å². The van der Waals surface area contributed by atoms with Gasteiger partial charge in [0.1, 0.15) is 17.1 Å². The molecule has 1 aromatic carbocycles. The number of amides is 1. The van der Waals surface area contributed by atoms with E-state index in [1.165, 1.54) is 30.2 Å². The van der Waals surface area contributed by atoms with Crippen LogP contribution in [0.1, 0.15) is 23.7 Å². The second-order valence-corrected chi connectivity index (χ2v) is 5.40. The molecule has 6 heteroatoms. The number of carboxylic acids is 1. The van der Waals surface area contributed by atoms with Gasteiger partial charge in [-0.1, -0.05) is 13.0 Å². The molecule has 0 bridgehead atoms. The molecule has 1 fully saturated rings. The third-order valence-corrected chi connectivity index (χ3v) is 3.71. The fourth-order valence-electron chi connectivity index (χ4n) is 2.74. The highest BCUT2D eigenvalue weighted by molar-refractivity contribution is 5.97. The number of methoxy groups -OCH3 is 1. The summed E-state index contributed by atoms with van der Waals surface area (Å²) in [5.74, 6) is -2.52. The molecule has 1 heterocycles. The summed E-state index contributed by atoms with van der Waals surface area (Å²) in [5.41, 5.74) is -0.141. The molecule has 2 unspecified atom stereocenters. The summed E-state index contributed by atoms with van der Waals surface area (Å²) in [4.78, 5) is 25.1. The van der Waals surface area contributed by atoms with Crippen molar-refractivity contribution >= 4 is 11.9 Å². The number of carbonyl (C=O) groups excluding carboxylic acids is 1. The maximum absolute atomic E-state index is 14.0. The van der Waals surface area contributed by atoms with Crippen LogP contribution in [0.15, 0.2) is 18.2 Å². The fraction of sp³-hybridized carbons (Fsp3) is 0.467. The molecule has 5 nitrogen and oxygen atoms in total. The highest BCUT2D eigenvalue weighted by Crippen LogP contribution is 2.27. The Bertz CT molecular complexity index is 561. The van der Waals surface area contributed by atoms with E-state index in [0.717, 1.165) is 0 Å². The molecular formula is C15H18FNO4. The number of carbonyl (C=O) groups is 2. The summed E-state index contributed by atoms with van der Waals surface area (Å²) in [6, 6.07) is 4.17. The summed E-state index contributed by atoms with van der Waals surface area (Å²) in [5, 5.41) is 9.14. The van der Waals surface area contributed by atoms with E-state index in [4.69, 9.17) is 9.84 Å². The number of aliphatic carboxylic acids is 1. The van der Waals surface area contributed by atoms with Gasteiger partial charge in [0.25, 0.3) is 5.91 Å². The molecule has 114 valence electrons. The van der Waals surface area contributed by atoms with Gasteiger partial charge in [0.15, 0.2) is 0 Å². The molecule has 21 heavy (non-hydrogen) atoms. The molecule has 1 N–H and O–H groups in total. The second kappa shape index (κ2) is 6.11. The van der Waals surface area contributed by atoms with Gasteiger partial charge in [-0.15, -0.1) is 0 Å². The van der Waals surface area contributed by atoms with Crippen LogP contribution < -0.4 is 4.74 Å². The minimum atomic E-state index is -0.931. The number of hydrogen-bond donors (Lipinski definition) is 1. The molecule has 0 saturated carbocycles. The monoisotopic (exact) mass is 295 g/mol. The van der Waals surface area contributed by atoms with Crippen molar-refractivity contribution in [2.24, 2.45) is 11.8 Å². The van der Waals surface area contributed by atoms with Gasteiger partial charge in [-0.25, -0.2) is 4.39 Å². The van der Waals surface area contributed by atoms with Crippen LogP contribution in [-0.2, 0) is 4.79 Å². The van der Waals surface area contributed by atoms with E-state index in [2.05, 4.69) is 0 Å². The fourth-order valence-corrected chi connectivity index (χ4v) is 2.74. The predicted molar refractivity (Wildman–Crippen MR) is 73.8 cm³/mol. The zero-order valence-electron chi connectivity index (χ0n) is 12.0. The first-order chi connectivity index (χ1) is 9.93. The lowest BCUT2D eigenvalue weighted by molar-refractivity contribution is -0.143. The van der Waals surface area contributed by atoms with Crippen LogP contribution in [0.4, 0.5) is 4.39 Å². The van der Waals surface area contributed by atoms with Gasteiger partial charge in [0.05, 0.1) is 13.0 Å². The molecule has 1 aromatic rings. The Balaban J connectivity index is 2.29. The van der Waals surface area contributed by atoms with Crippen molar-refractivity contribution in [2.75, 3.05) is 20.2 Å². The minimum Gasteiger partial charge on any atom is -0.496 e. The van der Waals surface area contributed by atoms with Crippen LogP contribution in [0, 0.1) is 17.7 Å². The van der Waals surface area contributed by atoms with Crippen LogP contribution in [0.2, 0.25) is 0 Å². The number of ether oxygens (including phenoxy) is 1. The number of benzene rings is 1. The van der Waals surface area contributed by atoms with E-state index in [1.807, 2.05) is 6.92 Å². The average Bonchev–Trinajstić information content (AvgIpc) is 2.45. The zero-order chi connectivity index (χ0) is 15.6. The number of hydrogen-bond acceptors (Lipinski definition) is 3.